The van der Waals surface area contributed by atoms with Crippen LogP contribution in [0.25, 0.3) is 0 Å². The van der Waals surface area contributed by atoms with Crippen LogP contribution in [-0.2, 0) is 21.2 Å². The summed E-state index contributed by atoms with van der Waals surface area (Å²) in [7, 11) is -3.52. The summed E-state index contributed by atoms with van der Waals surface area (Å²) < 4.78 is 38.9. The summed E-state index contributed by atoms with van der Waals surface area (Å²) in [5.41, 5.74) is 1.64. The first kappa shape index (κ1) is 17.7. The minimum Gasteiger partial charge on any atom is -0.326 e. The van der Waals surface area contributed by atoms with E-state index in [1.54, 1.807) is 24.3 Å². The van der Waals surface area contributed by atoms with E-state index in [-0.39, 0.29) is 23.2 Å². The number of anilines is 2. The second-order valence-corrected chi connectivity index (χ2v) is 8.26. The molecule has 1 amide bonds. The van der Waals surface area contributed by atoms with Gasteiger partial charge < -0.3 is 5.32 Å². The highest BCUT2D eigenvalue weighted by Gasteiger charge is 2.33. The molecule has 1 aliphatic heterocycles. The number of nitrogens with zero attached hydrogens (tertiary/aromatic N) is 1. The molecule has 1 heterocycles. The third-order valence-electron chi connectivity index (χ3n) is 4.07. The van der Waals surface area contributed by atoms with Crippen molar-refractivity contribution in [1.29, 1.82) is 0 Å². The molecule has 0 unspecified atom stereocenters. The zero-order valence-electron chi connectivity index (χ0n) is 13.4. The lowest BCUT2D eigenvalue weighted by Crippen LogP contribution is -2.43. The molecule has 5 nitrogen and oxygen atoms in total. The Labute approximate surface area is 150 Å². The SMILES string of the molecule is CS(=O)(=O)N1C[C@@H](C(=O)Nc2ccc(Cl)c(F)c2)Cc2ccccc21. The van der Waals surface area contributed by atoms with Crippen molar-refractivity contribution < 1.29 is 17.6 Å². The zero-order valence-corrected chi connectivity index (χ0v) is 14.9. The molecule has 0 saturated heterocycles. The number of carbonyl (C=O) groups excluding carboxylic acids is 1. The summed E-state index contributed by atoms with van der Waals surface area (Å²) in [4.78, 5) is 12.6. The van der Waals surface area contributed by atoms with E-state index in [4.69, 9.17) is 11.6 Å². The molecule has 2 aromatic carbocycles. The maximum absolute atomic E-state index is 13.5. The maximum Gasteiger partial charge on any atom is 0.232 e. The molecule has 0 radical (unpaired) electrons. The van der Waals surface area contributed by atoms with Crippen LogP contribution in [-0.4, -0.2) is 27.1 Å². The quantitative estimate of drug-likeness (QED) is 0.887. The van der Waals surface area contributed by atoms with Gasteiger partial charge in [-0.2, -0.15) is 0 Å². The molecule has 25 heavy (non-hydrogen) atoms. The second kappa shape index (κ2) is 6.65. The number of fused-ring (bicyclic) bond motifs is 1. The van der Waals surface area contributed by atoms with E-state index in [2.05, 4.69) is 5.32 Å². The first-order valence-corrected chi connectivity index (χ1v) is 9.80. The van der Waals surface area contributed by atoms with Crippen LogP contribution in [0.1, 0.15) is 5.56 Å². The van der Waals surface area contributed by atoms with Gasteiger partial charge in [0.15, 0.2) is 0 Å². The fourth-order valence-corrected chi connectivity index (χ4v) is 3.97. The third kappa shape index (κ3) is 3.77. The van der Waals surface area contributed by atoms with E-state index in [9.17, 15) is 17.6 Å². The van der Waals surface area contributed by atoms with E-state index in [1.807, 2.05) is 0 Å². The van der Waals surface area contributed by atoms with Gasteiger partial charge in [0.05, 0.1) is 22.9 Å². The van der Waals surface area contributed by atoms with Crippen LogP contribution in [0, 0.1) is 11.7 Å². The summed E-state index contributed by atoms with van der Waals surface area (Å²) in [6.45, 7) is 0.0394. The van der Waals surface area contributed by atoms with Crippen LogP contribution < -0.4 is 9.62 Å². The highest BCUT2D eigenvalue weighted by Crippen LogP contribution is 2.32. The van der Waals surface area contributed by atoms with E-state index in [0.29, 0.717) is 12.1 Å². The Morgan fingerprint density at radius 1 is 1.28 bits per heavy atom. The number of halogens is 2. The van der Waals surface area contributed by atoms with E-state index >= 15 is 0 Å². The molecule has 3 rings (SSSR count). The van der Waals surface area contributed by atoms with Crippen molar-refractivity contribution in [2.24, 2.45) is 5.92 Å². The molecule has 0 spiro atoms. The van der Waals surface area contributed by atoms with Crippen molar-refractivity contribution in [3.63, 3.8) is 0 Å². The van der Waals surface area contributed by atoms with Crippen LogP contribution in [0.15, 0.2) is 42.5 Å². The highest BCUT2D eigenvalue weighted by molar-refractivity contribution is 7.92. The number of nitrogens with one attached hydrogen (secondary N) is 1. The Hall–Kier alpha value is -2.12. The standard InChI is InChI=1S/C17H16ClFN2O3S/c1-25(23,24)21-10-12(8-11-4-2-3-5-16(11)21)17(22)20-13-6-7-14(18)15(19)9-13/h2-7,9,12H,8,10H2,1H3,(H,20,22)/t12-/m0/s1. The predicted molar refractivity (Wildman–Crippen MR) is 95.9 cm³/mol. The van der Waals surface area contributed by atoms with Gasteiger partial charge in [-0.15, -0.1) is 0 Å². The van der Waals surface area contributed by atoms with Gasteiger partial charge in [0.2, 0.25) is 15.9 Å². The van der Waals surface area contributed by atoms with Gasteiger partial charge in [0.1, 0.15) is 5.82 Å². The lowest BCUT2D eigenvalue weighted by atomic mass is 9.93. The van der Waals surface area contributed by atoms with Crippen molar-refractivity contribution in [2.45, 2.75) is 6.42 Å². The van der Waals surface area contributed by atoms with Gasteiger partial charge >= 0.3 is 0 Å². The number of para-hydroxylation sites is 1. The number of amides is 1. The van der Waals surface area contributed by atoms with Crippen LogP contribution in [0.4, 0.5) is 15.8 Å². The van der Waals surface area contributed by atoms with Crippen molar-refractivity contribution in [3.05, 3.63) is 58.9 Å². The molecule has 0 aromatic heterocycles. The van der Waals surface area contributed by atoms with Gasteiger partial charge in [0, 0.05) is 12.2 Å². The Morgan fingerprint density at radius 3 is 2.68 bits per heavy atom. The molecule has 1 atom stereocenters. The van der Waals surface area contributed by atoms with Gasteiger partial charge in [-0.1, -0.05) is 29.8 Å². The molecule has 1 N–H and O–H groups in total. The topological polar surface area (TPSA) is 66.5 Å². The molecule has 0 saturated carbocycles. The Kier molecular flexibility index (Phi) is 4.71. The smallest absolute Gasteiger partial charge is 0.232 e. The Balaban J connectivity index is 1.85. The van der Waals surface area contributed by atoms with Gasteiger partial charge in [0.25, 0.3) is 0 Å². The van der Waals surface area contributed by atoms with Crippen molar-refractivity contribution in [3.8, 4) is 0 Å². The summed E-state index contributed by atoms with van der Waals surface area (Å²) in [5, 5.41) is 2.59. The lowest BCUT2D eigenvalue weighted by Gasteiger charge is -2.33. The fourth-order valence-electron chi connectivity index (χ4n) is 2.86. The van der Waals surface area contributed by atoms with Crippen LogP contribution in [0.5, 0.6) is 0 Å². The fraction of sp³-hybridized carbons (Fsp3) is 0.235. The zero-order chi connectivity index (χ0) is 18.2. The molecule has 0 aliphatic carbocycles. The molecule has 132 valence electrons. The van der Waals surface area contributed by atoms with Crippen molar-refractivity contribution in [2.75, 3.05) is 22.4 Å². The molecule has 2 aromatic rings. The van der Waals surface area contributed by atoms with Gasteiger partial charge in [-0.3, -0.25) is 9.10 Å². The average Bonchev–Trinajstić information content (AvgIpc) is 2.56. The summed E-state index contributed by atoms with van der Waals surface area (Å²) in [6.07, 6.45) is 1.52. The molecular formula is C17H16ClFN2O3S. The molecular weight excluding hydrogens is 367 g/mol. The number of rotatable bonds is 3. The lowest BCUT2D eigenvalue weighted by molar-refractivity contribution is -0.119. The van der Waals surface area contributed by atoms with Gasteiger partial charge in [-0.25, -0.2) is 12.8 Å². The molecule has 8 heteroatoms. The minimum absolute atomic E-state index is 0.0344. The van der Waals surface area contributed by atoms with Crippen molar-refractivity contribution >= 4 is 38.9 Å². The van der Waals surface area contributed by atoms with E-state index in [1.165, 1.54) is 16.4 Å². The average molecular weight is 383 g/mol. The number of sulfonamides is 1. The minimum atomic E-state index is -3.52. The van der Waals surface area contributed by atoms with Crippen LogP contribution in [0.2, 0.25) is 5.02 Å². The summed E-state index contributed by atoms with van der Waals surface area (Å²) in [5.74, 6) is -1.58. The molecule has 0 fully saturated rings. The largest absolute Gasteiger partial charge is 0.326 e. The maximum atomic E-state index is 13.5. The molecule has 0 bridgehead atoms. The summed E-state index contributed by atoms with van der Waals surface area (Å²) >= 11 is 5.63. The third-order valence-corrected chi connectivity index (χ3v) is 5.52. The number of benzene rings is 2. The normalized spacial score (nSPS) is 17.1. The first-order valence-electron chi connectivity index (χ1n) is 7.57. The predicted octanol–water partition coefficient (Wildman–Crippen LogP) is 3.06. The Morgan fingerprint density at radius 2 is 2.00 bits per heavy atom. The Bertz CT molecular complexity index is 933. The van der Waals surface area contributed by atoms with Crippen LogP contribution >= 0.6 is 11.6 Å². The number of hydrogen-bond acceptors (Lipinski definition) is 3. The number of hydrogen-bond donors (Lipinski definition) is 1. The van der Waals surface area contributed by atoms with Crippen molar-refractivity contribution in [1.82, 2.24) is 0 Å². The van der Waals surface area contributed by atoms with E-state index < -0.39 is 21.8 Å². The first-order chi connectivity index (χ1) is 11.8. The van der Waals surface area contributed by atoms with Crippen LogP contribution in [0.3, 0.4) is 0 Å². The van der Waals surface area contributed by atoms with E-state index in [0.717, 1.165) is 17.9 Å². The monoisotopic (exact) mass is 382 g/mol. The highest BCUT2D eigenvalue weighted by atomic mass is 35.5. The molecule has 1 aliphatic rings. The second-order valence-electron chi connectivity index (χ2n) is 5.94. The van der Waals surface area contributed by atoms with Gasteiger partial charge in [-0.05, 0) is 36.2 Å². The summed E-state index contributed by atoms with van der Waals surface area (Å²) in [6, 6.07) is 11.1. The number of carbonyl (C=O) groups is 1.